The van der Waals surface area contributed by atoms with Crippen LogP contribution in [0.5, 0.6) is 0 Å². The summed E-state index contributed by atoms with van der Waals surface area (Å²) in [7, 11) is 0. The SMILES string of the molecule is CCOC(=O)Cc1nc(Br)cc(C)c1C(F)F. The van der Waals surface area contributed by atoms with E-state index in [9.17, 15) is 13.6 Å². The number of alkyl halides is 2. The van der Waals surface area contributed by atoms with Crippen LogP contribution in [-0.2, 0) is 16.0 Å². The van der Waals surface area contributed by atoms with Crippen molar-refractivity contribution in [3.05, 3.63) is 27.5 Å². The molecule has 0 fully saturated rings. The highest BCUT2D eigenvalue weighted by Gasteiger charge is 2.20. The van der Waals surface area contributed by atoms with E-state index in [4.69, 9.17) is 4.74 Å². The van der Waals surface area contributed by atoms with Gasteiger partial charge in [-0.2, -0.15) is 0 Å². The Hall–Kier alpha value is -1.04. The van der Waals surface area contributed by atoms with Crippen LogP contribution in [0, 0.1) is 6.92 Å². The normalized spacial score (nSPS) is 10.7. The Balaban J connectivity index is 3.08. The zero-order chi connectivity index (χ0) is 13.0. The molecule has 0 amide bonds. The molecule has 94 valence electrons. The average molecular weight is 308 g/mol. The third kappa shape index (κ3) is 3.73. The highest BCUT2D eigenvalue weighted by atomic mass is 79.9. The number of rotatable bonds is 4. The Morgan fingerprint density at radius 1 is 1.59 bits per heavy atom. The predicted octanol–water partition coefficient (Wildman–Crippen LogP) is 3.20. The van der Waals surface area contributed by atoms with Crippen molar-refractivity contribution in [1.82, 2.24) is 4.98 Å². The maximum Gasteiger partial charge on any atom is 0.311 e. The van der Waals surface area contributed by atoms with Gasteiger partial charge in [0.1, 0.15) is 4.60 Å². The fraction of sp³-hybridized carbons (Fsp3) is 0.455. The topological polar surface area (TPSA) is 39.2 Å². The summed E-state index contributed by atoms with van der Waals surface area (Å²) in [5.41, 5.74) is 0.271. The summed E-state index contributed by atoms with van der Waals surface area (Å²) in [5.74, 6) is -0.556. The summed E-state index contributed by atoms with van der Waals surface area (Å²) in [4.78, 5) is 15.2. The number of carbonyl (C=O) groups is 1. The van der Waals surface area contributed by atoms with E-state index in [0.29, 0.717) is 10.2 Å². The molecule has 0 aliphatic rings. The van der Waals surface area contributed by atoms with E-state index in [1.165, 1.54) is 6.07 Å². The maximum atomic E-state index is 12.8. The number of halogens is 3. The largest absolute Gasteiger partial charge is 0.466 e. The minimum Gasteiger partial charge on any atom is -0.466 e. The van der Waals surface area contributed by atoms with Gasteiger partial charge in [0.15, 0.2) is 0 Å². The molecule has 0 N–H and O–H groups in total. The quantitative estimate of drug-likeness (QED) is 0.633. The first-order valence-electron chi connectivity index (χ1n) is 5.05. The van der Waals surface area contributed by atoms with Crippen molar-refractivity contribution in [1.29, 1.82) is 0 Å². The molecule has 0 atom stereocenters. The lowest BCUT2D eigenvalue weighted by molar-refractivity contribution is -0.142. The number of ether oxygens (including phenoxy) is 1. The van der Waals surface area contributed by atoms with E-state index < -0.39 is 12.4 Å². The smallest absolute Gasteiger partial charge is 0.311 e. The van der Waals surface area contributed by atoms with Crippen molar-refractivity contribution >= 4 is 21.9 Å². The summed E-state index contributed by atoms with van der Waals surface area (Å²) in [6.45, 7) is 3.43. The van der Waals surface area contributed by atoms with E-state index in [-0.39, 0.29) is 24.3 Å². The summed E-state index contributed by atoms with van der Waals surface area (Å²) in [6.07, 6.45) is -2.90. The van der Waals surface area contributed by atoms with E-state index in [1.807, 2.05) is 0 Å². The molecular formula is C11H12BrF2NO2. The molecular weight excluding hydrogens is 296 g/mol. The fourth-order valence-electron chi connectivity index (χ4n) is 1.49. The van der Waals surface area contributed by atoms with Crippen LogP contribution in [0.2, 0.25) is 0 Å². The fourth-order valence-corrected chi connectivity index (χ4v) is 2.04. The number of esters is 1. The lowest BCUT2D eigenvalue weighted by Gasteiger charge is -2.11. The van der Waals surface area contributed by atoms with Crippen molar-refractivity contribution in [3.63, 3.8) is 0 Å². The van der Waals surface area contributed by atoms with E-state index in [0.717, 1.165) is 0 Å². The van der Waals surface area contributed by atoms with Gasteiger partial charge in [0, 0.05) is 5.56 Å². The number of carbonyl (C=O) groups excluding carboxylic acids is 1. The summed E-state index contributed by atoms with van der Waals surface area (Å²) >= 11 is 3.12. The Morgan fingerprint density at radius 3 is 2.76 bits per heavy atom. The number of pyridine rings is 1. The summed E-state index contributed by atoms with van der Waals surface area (Å²) in [5, 5.41) is 0. The average Bonchev–Trinajstić information content (AvgIpc) is 2.15. The first-order chi connectivity index (χ1) is 7.95. The lowest BCUT2D eigenvalue weighted by Crippen LogP contribution is -2.12. The highest BCUT2D eigenvalue weighted by Crippen LogP contribution is 2.27. The van der Waals surface area contributed by atoms with Crippen LogP contribution in [0.3, 0.4) is 0 Å². The van der Waals surface area contributed by atoms with Crippen molar-refractivity contribution in [2.45, 2.75) is 26.7 Å². The van der Waals surface area contributed by atoms with Crippen LogP contribution in [0.15, 0.2) is 10.7 Å². The zero-order valence-corrected chi connectivity index (χ0v) is 11.1. The molecule has 0 saturated heterocycles. The molecule has 0 bridgehead atoms. The highest BCUT2D eigenvalue weighted by molar-refractivity contribution is 9.10. The van der Waals surface area contributed by atoms with Crippen LogP contribution < -0.4 is 0 Å². The van der Waals surface area contributed by atoms with Crippen LogP contribution in [-0.4, -0.2) is 17.6 Å². The Morgan fingerprint density at radius 2 is 2.24 bits per heavy atom. The second-order valence-electron chi connectivity index (χ2n) is 3.40. The third-order valence-corrected chi connectivity index (χ3v) is 2.55. The minimum atomic E-state index is -2.65. The predicted molar refractivity (Wildman–Crippen MR) is 62.0 cm³/mol. The molecule has 0 spiro atoms. The Bertz CT molecular complexity index is 424. The number of hydrogen-bond donors (Lipinski definition) is 0. The Labute approximate surface area is 106 Å². The van der Waals surface area contributed by atoms with Crippen LogP contribution in [0.1, 0.15) is 30.2 Å². The zero-order valence-electron chi connectivity index (χ0n) is 9.47. The number of nitrogens with zero attached hydrogens (tertiary/aromatic N) is 1. The van der Waals surface area contributed by atoms with E-state index >= 15 is 0 Å². The van der Waals surface area contributed by atoms with Crippen molar-refractivity contribution in [3.8, 4) is 0 Å². The second-order valence-corrected chi connectivity index (χ2v) is 4.22. The van der Waals surface area contributed by atoms with Crippen LogP contribution in [0.4, 0.5) is 8.78 Å². The van der Waals surface area contributed by atoms with Gasteiger partial charge >= 0.3 is 5.97 Å². The van der Waals surface area contributed by atoms with Crippen molar-refractivity contribution < 1.29 is 18.3 Å². The minimum absolute atomic E-state index is 0.0605. The molecule has 1 aromatic heterocycles. The van der Waals surface area contributed by atoms with Crippen LogP contribution in [0.25, 0.3) is 0 Å². The van der Waals surface area contributed by atoms with Gasteiger partial charge in [-0.25, -0.2) is 13.8 Å². The van der Waals surface area contributed by atoms with Gasteiger partial charge in [0.05, 0.1) is 18.7 Å². The standard InChI is InChI=1S/C11H12BrF2NO2/c1-3-17-9(16)5-7-10(11(13)14)6(2)4-8(12)15-7/h4,11H,3,5H2,1-2H3. The molecule has 0 aromatic carbocycles. The third-order valence-electron chi connectivity index (χ3n) is 2.15. The van der Waals surface area contributed by atoms with E-state index in [1.54, 1.807) is 13.8 Å². The summed E-state index contributed by atoms with van der Waals surface area (Å²) < 4.78 is 30.8. The molecule has 0 saturated carbocycles. The first-order valence-corrected chi connectivity index (χ1v) is 5.84. The van der Waals surface area contributed by atoms with Gasteiger partial charge in [-0.15, -0.1) is 0 Å². The molecule has 1 aromatic rings. The number of aryl methyl sites for hydroxylation is 1. The van der Waals surface area contributed by atoms with Crippen molar-refractivity contribution in [2.75, 3.05) is 6.61 Å². The van der Waals surface area contributed by atoms with Gasteiger partial charge < -0.3 is 4.74 Å². The second kappa shape index (κ2) is 6.05. The van der Waals surface area contributed by atoms with Gasteiger partial charge in [-0.3, -0.25) is 4.79 Å². The van der Waals surface area contributed by atoms with Gasteiger partial charge in [-0.1, -0.05) is 0 Å². The molecule has 0 radical (unpaired) electrons. The molecule has 1 rings (SSSR count). The maximum absolute atomic E-state index is 12.8. The van der Waals surface area contributed by atoms with Crippen LogP contribution >= 0.6 is 15.9 Å². The monoisotopic (exact) mass is 307 g/mol. The molecule has 0 aliphatic heterocycles. The molecule has 0 unspecified atom stereocenters. The molecule has 1 heterocycles. The Kier molecular flexibility index (Phi) is 4.99. The number of aromatic nitrogens is 1. The lowest BCUT2D eigenvalue weighted by atomic mass is 10.1. The molecule has 17 heavy (non-hydrogen) atoms. The van der Waals surface area contributed by atoms with Gasteiger partial charge in [0.2, 0.25) is 0 Å². The number of hydrogen-bond acceptors (Lipinski definition) is 3. The molecule has 0 aliphatic carbocycles. The van der Waals surface area contributed by atoms with Gasteiger partial charge in [-0.05, 0) is 41.4 Å². The van der Waals surface area contributed by atoms with Crippen molar-refractivity contribution in [2.24, 2.45) is 0 Å². The van der Waals surface area contributed by atoms with E-state index in [2.05, 4.69) is 20.9 Å². The molecule has 3 nitrogen and oxygen atoms in total. The van der Waals surface area contributed by atoms with Gasteiger partial charge in [0.25, 0.3) is 6.43 Å². The summed E-state index contributed by atoms with van der Waals surface area (Å²) in [6, 6.07) is 1.50. The first kappa shape index (κ1) is 14.0. The molecule has 6 heteroatoms.